The average molecular weight is 318 g/mol. The summed E-state index contributed by atoms with van der Waals surface area (Å²) in [6, 6.07) is 5.13. The molecule has 0 aromatic heterocycles. The van der Waals surface area contributed by atoms with Crippen molar-refractivity contribution < 1.29 is 16.8 Å². The molecule has 0 unspecified atom stereocenters. The van der Waals surface area contributed by atoms with E-state index in [0.717, 1.165) is 11.1 Å². The summed E-state index contributed by atoms with van der Waals surface area (Å²) in [6.07, 6.45) is 0. The number of rotatable bonds is 4. The first-order valence-corrected chi connectivity index (χ1v) is 9.33. The molecule has 2 N–H and O–H groups in total. The lowest BCUT2D eigenvalue weighted by atomic mass is 10.1. The van der Waals surface area contributed by atoms with E-state index in [1.165, 1.54) is 4.31 Å². The smallest absolute Gasteiger partial charge is 0.229 e. The standard InChI is InChI=1S/C12H18N2O4S2/c1-9-4-3-5-12(10(9)2)20(17,18)14-6-11(7-14)8-19(13,15)16/h3-5,11H,6-8H2,1-2H3,(H2,13,15,16). The van der Waals surface area contributed by atoms with Crippen molar-refractivity contribution in [2.24, 2.45) is 11.1 Å². The molecule has 1 aliphatic rings. The lowest BCUT2D eigenvalue weighted by Crippen LogP contribution is -2.52. The Morgan fingerprint density at radius 3 is 2.35 bits per heavy atom. The van der Waals surface area contributed by atoms with Gasteiger partial charge in [0, 0.05) is 19.0 Å². The molecular weight excluding hydrogens is 300 g/mol. The predicted molar refractivity (Wildman–Crippen MR) is 76.1 cm³/mol. The first-order valence-electron chi connectivity index (χ1n) is 6.18. The first-order chi connectivity index (χ1) is 9.11. The number of nitrogens with zero attached hydrogens (tertiary/aromatic N) is 1. The molecule has 0 saturated carbocycles. The summed E-state index contributed by atoms with van der Waals surface area (Å²) < 4.78 is 48.1. The van der Waals surface area contributed by atoms with Gasteiger partial charge in [-0.25, -0.2) is 22.0 Å². The second kappa shape index (κ2) is 5.10. The Kier molecular flexibility index (Phi) is 3.94. The van der Waals surface area contributed by atoms with Crippen LogP contribution < -0.4 is 5.14 Å². The van der Waals surface area contributed by atoms with E-state index in [9.17, 15) is 16.8 Å². The van der Waals surface area contributed by atoms with E-state index < -0.39 is 20.0 Å². The fraction of sp³-hybridized carbons (Fsp3) is 0.500. The molecule has 1 saturated heterocycles. The minimum atomic E-state index is -3.55. The molecule has 0 aliphatic carbocycles. The zero-order valence-corrected chi connectivity index (χ0v) is 13.0. The van der Waals surface area contributed by atoms with E-state index in [-0.39, 0.29) is 29.7 Å². The van der Waals surface area contributed by atoms with Crippen molar-refractivity contribution in [3.63, 3.8) is 0 Å². The van der Waals surface area contributed by atoms with Crippen molar-refractivity contribution in [3.05, 3.63) is 29.3 Å². The minimum Gasteiger partial charge on any atom is -0.229 e. The topological polar surface area (TPSA) is 97.5 Å². The van der Waals surface area contributed by atoms with Crippen LogP contribution in [0.3, 0.4) is 0 Å². The molecule has 1 aromatic carbocycles. The van der Waals surface area contributed by atoms with Crippen molar-refractivity contribution >= 4 is 20.0 Å². The van der Waals surface area contributed by atoms with Crippen LogP contribution >= 0.6 is 0 Å². The Balaban J connectivity index is 2.17. The van der Waals surface area contributed by atoms with Gasteiger partial charge in [-0.1, -0.05) is 12.1 Å². The largest absolute Gasteiger partial charge is 0.243 e. The zero-order chi connectivity index (χ0) is 15.1. The molecule has 6 nitrogen and oxygen atoms in total. The van der Waals surface area contributed by atoms with Gasteiger partial charge in [0.2, 0.25) is 20.0 Å². The Labute approximate surface area is 119 Å². The summed E-state index contributed by atoms with van der Waals surface area (Å²) in [5, 5.41) is 4.96. The minimum absolute atomic E-state index is 0.175. The molecule has 1 aromatic rings. The lowest BCUT2D eigenvalue weighted by molar-refractivity contribution is 0.220. The van der Waals surface area contributed by atoms with Crippen LogP contribution in [0.4, 0.5) is 0 Å². The molecule has 0 radical (unpaired) electrons. The molecule has 0 atom stereocenters. The number of hydrogen-bond donors (Lipinski definition) is 1. The molecule has 0 amide bonds. The summed E-state index contributed by atoms with van der Waals surface area (Å²) in [4.78, 5) is 0.284. The van der Waals surface area contributed by atoms with Crippen LogP contribution in [0.5, 0.6) is 0 Å². The lowest BCUT2D eigenvalue weighted by Gasteiger charge is -2.37. The Morgan fingerprint density at radius 1 is 1.20 bits per heavy atom. The van der Waals surface area contributed by atoms with E-state index >= 15 is 0 Å². The molecule has 1 fully saturated rings. The monoisotopic (exact) mass is 318 g/mol. The molecule has 0 bridgehead atoms. The quantitative estimate of drug-likeness (QED) is 0.858. The Morgan fingerprint density at radius 2 is 1.80 bits per heavy atom. The highest BCUT2D eigenvalue weighted by Gasteiger charge is 2.38. The highest BCUT2D eigenvalue weighted by molar-refractivity contribution is 7.89. The van der Waals surface area contributed by atoms with Crippen LogP contribution in [0.15, 0.2) is 23.1 Å². The molecule has 8 heteroatoms. The molecule has 112 valence electrons. The molecule has 1 aliphatic heterocycles. The number of aryl methyl sites for hydroxylation is 1. The summed E-state index contributed by atoms with van der Waals surface area (Å²) in [5.41, 5.74) is 1.63. The van der Waals surface area contributed by atoms with E-state index in [1.54, 1.807) is 19.1 Å². The number of nitrogens with two attached hydrogens (primary N) is 1. The summed E-state index contributed by atoms with van der Waals surface area (Å²) in [7, 11) is -7.10. The van der Waals surface area contributed by atoms with Gasteiger partial charge >= 0.3 is 0 Å². The van der Waals surface area contributed by atoms with E-state index in [1.807, 2.05) is 13.0 Å². The zero-order valence-electron chi connectivity index (χ0n) is 11.4. The summed E-state index contributed by atoms with van der Waals surface area (Å²) in [5.74, 6) is -0.392. The molecular formula is C12H18N2O4S2. The normalized spacial score (nSPS) is 17.9. The number of sulfonamides is 2. The van der Waals surface area contributed by atoms with Gasteiger partial charge in [0.15, 0.2) is 0 Å². The van der Waals surface area contributed by atoms with Crippen LogP contribution in [0.2, 0.25) is 0 Å². The van der Waals surface area contributed by atoms with Crippen molar-refractivity contribution in [1.29, 1.82) is 0 Å². The second-order valence-electron chi connectivity index (χ2n) is 5.22. The van der Waals surface area contributed by atoms with Crippen molar-refractivity contribution in [3.8, 4) is 0 Å². The fourth-order valence-corrected chi connectivity index (χ4v) is 5.05. The molecule has 1 heterocycles. The number of hydrogen-bond acceptors (Lipinski definition) is 4. The summed E-state index contributed by atoms with van der Waals surface area (Å²) in [6.45, 7) is 4.02. The van der Waals surface area contributed by atoms with Gasteiger partial charge in [-0.15, -0.1) is 0 Å². The van der Waals surface area contributed by atoms with Crippen molar-refractivity contribution in [2.45, 2.75) is 18.7 Å². The predicted octanol–water partition coefficient (Wildman–Crippen LogP) is 0.212. The maximum atomic E-state index is 12.4. The van der Waals surface area contributed by atoms with Crippen molar-refractivity contribution in [2.75, 3.05) is 18.8 Å². The van der Waals surface area contributed by atoms with Gasteiger partial charge < -0.3 is 0 Å². The van der Waals surface area contributed by atoms with Gasteiger partial charge in [0.1, 0.15) is 0 Å². The van der Waals surface area contributed by atoms with Crippen LogP contribution in [0.25, 0.3) is 0 Å². The molecule has 0 spiro atoms. The first kappa shape index (κ1) is 15.4. The van der Waals surface area contributed by atoms with Crippen LogP contribution in [-0.4, -0.2) is 40.0 Å². The van der Waals surface area contributed by atoms with E-state index in [2.05, 4.69) is 0 Å². The van der Waals surface area contributed by atoms with E-state index in [4.69, 9.17) is 5.14 Å². The third-order valence-electron chi connectivity index (χ3n) is 3.56. The van der Waals surface area contributed by atoms with Gasteiger partial charge in [0.05, 0.1) is 10.6 Å². The highest BCUT2D eigenvalue weighted by atomic mass is 32.2. The maximum absolute atomic E-state index is 12.4. The highest BCUT2D eigenvalue weighted by Crippen LogP contribution is 2.28. The number of primary sulfonamides is 1. The number of benzene rings is 1. The van der Waals surface area contributed by atoms with E-state index in [0.29, 0.717) is 0 Å². The van der Waals surface area contributed by atoms with Gasteiger partial charge in [0.25, 0.3) is 0 Å². The van der Waals surface area contributed by atoms with Crippen LogP contribution in [-0.2, 0) is 20.0 Å². The van der Waals surface area contributed by atoms with Gasteiger partial charge in [-0.3, -0.25) is 0 Å². The van der Waals surface area contributed by atoms with Crippen LogP contribution in [0, 0.1) is 19.8 Å². The van der Waals surface area contributed by atoms with Crippen molar-refractivity contribution in [1.82, 2.24) is 4.31 Å². The Hall–Kier alpha value is -0.960. The van der Waals surface area contributed by atoms with Crippen LogP contribution in [0.1, 0.15) is 11.1 Å². The maximum Gasteiger partial charge on any atom is 0.243 e. The average Bonchev–Trinajstić information content (AvgIpc) is 2.25. The molecule has 20 heavy (non-hydrogen) atoms. The second-order valence-corrected chi connectivity index (χ2v) is 8.78. The molecule has 2 rings (SSSR count). The summed E-state index contributed by atoms with van der Waals surface area (Å²) >= 11 is 0. The third-order valence-corrected chi connectivity index (χ3v) is 6.48. The SMILES string of the molecule is Cc1cccc(S(=O)(=O)N2CC(CS(N)(=O)=O)C2)c1C. The third kappa shape index (κ3) is 3.03. The fourth-order valence-electron chi connectivity index (χ4n) is 2.30. The van der Waals surface area contributed by atoms with Gasteiger partial charge in [-0.2, -0.15) is 4.31 Å². The van der Waals surface area contributed by atoms with Gasteiger partial charge in [-0.05, 0) is 31.0 Å². The Bertz CT molecular complexity index is 720.